The van der Waals surface area contributed by atoms with Gasteiger partial charge >= 0.3 is 11.1 Å². The van der Waals surface area contributed by atoms with Crippen LogP contribution in [-0.2, 0) is 26.5 Å². The molecule has 148 valence electrons. The van der Waals surface area contributed by atoms with Gasteiger partial charge in [-0.1, -0.05) is 12.1 Å². The van der Waals surface area contributed by atoms with Crippen molar-refractivity contribution in [1.29, 1.82) is 0 Å². The van der Waals surface area contributed by atoms with Crippen molar-refractivity contribution in [3.63, 3.8) is 0 Å². The third-order valence-electron chi connectivity index (χ3n) is 3.96. The van der Waals surface area contributed by atoms with Gasteiger partial charge in [0.1, 0.15) is 0 Å². The molecular formula is C16H16N4O6S2. The van der Waals surface area contributed by atoms with Crippen LogP contribution in [0.5, 0.6) is 0 Å². The number of aromatic nitrogens is 2. The maximum atomic E-state index is 12.4. The highest BCUT2D eigenvalue weighted by Crippen LogP contribution is 2.14. The lowest BCUT2D eigenvalue weighted by Crippen LogP contribution is -2.29. The molecule has 3 aromatic rings. The molecule has 0 aliphatic rings. The minimum Gasteiger partial charge on any atom is -0.316 e. The molecule has 0 saturated carbocycles. The summed E-state index contributed by atoms with van der Waals surface area (Å²) in [4.78, 5) is 27.3. The molecule has 0 aliphatic heterocycles. The summed E-state index contributed by atoms with van der Waals surface area (Å²) >= 11 is 0. The SMILES string of the molecule is NS(=O)(=O)c1ccc(CCNS(=O)(=O)c2ccc3[nH]c(=O)c(=O)[nH]c3c2)cc1. The number of H-pyrrole nitrogens is 2. The van der Waals surface area contributed by atoms with Crippen LogP contribution in [0.4, 0.5) is 0 Å². The van der Waals surface area contributed by atoms with E-state index in [1.807, 2.05) is 0 Å². The van der Waals surface area contributed by atoms with Crippen LogP contribution >= 0.6 is 0 Å². The standard InChI is InChI=1S/C16H16N4O6S2/c17-27(23,24)11-3-1-10(2-4-11)7-8-18-28(25,26)12-5-6-13-14(9-12)20-16(22)15(21)19-13/h1-6,9,18H,7-8H2,(H,19,21)(H,20,22)(H2,17,23,24). The number of primary sulfonamides is 1. The highest BCUT2D eigenvalue weighted by Gasteiger charge is 2.15. The fourth-order valence-electron chi connectivity index (χ4n) is 2.52. The van der Waals surface area contributed by atoms with Gasteiger partial charge in [0.2, 0.25) is 20.0 Å². The predicted molar refractivity (Wildman–Crippen MR) is 102 cm³/mol. The first-order valence-corrected chi connectivity index (χ1v) is 11.0. The second kappa shape index (κ2) is 7.31. The predicted octanol–water partition coefficient (Wildman–Crippen LogP) is -0.615. The van der Waals surface area contributed by atoms with Gasteiger partial charge in [0.25, 0.3) is 0 Å². The number of rotatable bonds is 6. The highest BCUT2D eigenvalue weighted by molar-refractivity contribution is 7.89. The molecule has 0 fully saturated rings. The third kappa shape index (κ3) is 4.36. The van der Waals surface area contributed by atoms with Gasteiger partial charge in [0, 0.05) is 6.54 Å². The van der Waals surface area contributed by atoms with Crippen molar-refractivity contribution in [2.75, 3.05) is 6.54 Å². The second-order valence-electron chi connectivity index (χ2n) is 5.95. The van der Waals surface area contributed by atoms with E-state index in [-0.39, 0.29) is 21.9 Å². The molecule has 0 saturated heterocycles. The van der Waals surface area contributed by atoms with E-state index in [0.29, 0.717) is 11.9 Å². The summed E-state index contributed by atoms with van der Waals surface area (Å²) in [6, 6.07) is 9.72. The molecule has 3 rings (SSSR count). The Hall–Kier alpha value is -2.80. The molecule has 10 nitrogen and oxygen atoms in total. The first-order chi connectivity index (χ1) is 13.1. The van der Waals surface area contributed by atoms with Crippen LogP contribution in [0, 0.1) is 0 Å². The Morgan fingerprint density at radius 3 is 2.00 bits per heavy atom. The molecule has 0 radical (unpaired) electrons. The summed E-state index contributed by atoms with van der Waals surface area (Å²) in [5.74, 6) is 0. The molecule has 12 heteroatoms. The summed E-state index contributed by atoms with van der Waals surface area (Å²) < 4.78 is 49.7. The number of hydrogen-bond acceptors (Lipinski definition) is 6. The van der Waals surface area contributed by atoms with Crippen molar-refractivity contribution in [1.82, 2.24) is 14.7 Å². The molecule has 0 spiro atoms. The van der Waals surface area contributed by atoms with Crippen LogP contribution in [0.2, 0.25) is 0 Å². The number of aromatic amines is 2. The van der Waals surface area contributed by atoms with E-state index in [0.717, 1.165) is 5.56 Å². The fraction of sp³-hybridized carbons (Fsp3) is 0.125. The van der Waals surface area contributed by atoms with Crippen LogP contribution < -0.4 is 21.0 Å². The normalized spacial score (nSPS) is 12.3. The minimum atomic E-state index is -3.86. The molecule has 5 N–H and O–H groups in total. The van der Waals surface area contributed by atoms with Crippen LogP contribution in [0.15, 0.2) is 61.8 Å². The van der Waals surface area contributed by atoms with E-state index in [4.69, 9.17) is 5.14 Å². The maximum absolute atomic E-state index is 12.4. The minimum absolute atomic E-state index is 0.0278. The van der Waals surface area contributed by atoms with E-state index in [2.05, 4.69) is 14.7 Å². The quantitative estimate of drug-likeness (QED) is 0.384. The molecule has 1 aromatic heterocycles. The number of hydrogen-bond donors (Lipinski definition) is 4. The van der Waals surface area contributed by atoms with Crippen molar-refractivity contribution >= 4 is 31.1 Å². The summed E-state index contributed by atoms with van der Waals surface area (Å²) in [5.41, 5.74) is -0.493. The van der Waals surface area contributed by atoms with E-state index < -0.39 is 31.2 Å². The van der Waals surface area contributed by atoms with E-state index >= 15 is 0 Å². The summed E-state index contributed by atoms with van der Waals surface area (Å²) in [7, 11) is -7.64. The van der Waals surface area contributed by atoms with Crippen molar-refractivity contribution < 1.29 is 16.8 Å². The summed E-state index contributed by atoms with van der Waals surface area (Å²) in [6.45, 7) is 0.0667. The number of benzene rings is 2. The number of sulfonamides is 2. The third-order valence-corrected chi connectivity index (χ3v) is 6.35. The van der Waals surface area contributed by atoms with Crippen molar-refractivity contribution in [2.45, 2.75) is 16.2 Å². The van der Waals surface area contributed by atoms with Gasteiger partial charge in [-0.15, -0.1) is 0 Å². The van der Waals surface area contributed by atoms with Crippen molar-refractivity contribution in [3.8, 4) is 0 Å². The average Bonchev–Trinajstić information content (AvgIpc) is 2.62. The smallest absolute Gasteiger partial charge is 0.314 e. The Labute approximate surface area is 159 Å². The van der Waals surface area contributed by atoms with Gasteiger partial charge in [0.05, 0.1) is 20.8 Å². The second-order valence-corrected chi connectivity index (χ2v) is 9.28. The lowest BCUT2D eigenvalue weighted by atomic mass is 10.2. The molecule has 1 heterocycles. The zero-order valence-corrected chi connectivity index (χ0v) is 15.9. The van der Waals surface area contributed by atoms with Gasteiger partial charge in [-0.25, -0.2) is 26.7 Å². The topological polar surface area (TPSA) is 172 Å². The number of nitrogens with two attached hydrogens (primary N) is 1. The van der Waals surface area contributed by atoms with E-state index in [1.165, 1.54) is 30.3 Å². The molecule has 28 heavy (non-hydrogen) atoms. The lowest BCUT2D eigenvalue weighted by Gasteiger charge is -2.08. The summed E-state index contributed by atoms with van der Waals surface area (Å²) in [6.07, 6.45) is 0.321. The Balaban J connectivity index is 1.73. The molecule has 2 aromatic carbocycles. The average molecular weight is 424 g/mol. The van der Waals surface area contributed by atoms with Gasteiger partial charge < -0.3 is 9.97 Å². The number of fused-ring (bicyclic) bond motifs is 1. The Morgan fingerprint density at radius 1 is 0.821 bits per heavy atom. The fourth-order valence-corrected chi connectivity index (χ4v) is 4.09. The van der Waals surface area contributed by atoms with E-state index in [9.17, 15) is 26.4 Å². The Bertz CT molecular complexity index is 1360. The van der Waals surface area contributed by atoms with Crippen LogP contribution in [0.1, 0.15) is 5.56 Å². The van der Waals surface area contributed by atoms with Crippen LogP contribution in [-0.4, -0.2) is 33.3 Å². The van der Waals surface area contributed by atoms with E-state index in [1.54, 1.807) is 12.1 Å². The summed E-state index contributed by atoms with van der Waals surface area (Å²) in [5, 5.41) is 5.02. The Morgan fingerprint density at radius 2 is 1.39 bits per heavy atom. The monoisotopic (exact) mass is 424 g/mol. The molecular weight excluding hydrogens is 408 g/mol. The van der Waals surface area contributed by atoms with Crippen LogP contribution in [0.25, 0.3) is 11.0 Å². The van der Waals surface area contributed by atoms with Gasteiger partial charge in [0.15, 0.2) is 0 Å². The zero-order chi connectivity index (χ0) is 20.5. The Kier molecular flexibility index (Phi) is 5.21. The molecule has 0 bridgehead atoms. The molecule has 0 aliphatic carbocycles. The first kappa shape index (κ1) is 19.9. The highest BCUT2D eigenvalue weighted by atomic mass is 32.2. The van der Waals surface area contributed by atoms with Gasteiger partial charge in [-0.3, -0.25) is 9.59 Å². The largest absolute Gasteiger partial charge is 0.316 e. The van der Waals surface area contributed by atoms with Gasteiger partial charge in [-0.2, -0.15) is 0 Å². The maximum Gasteiger partial charge on any atom is 0.314 e. The first-order valence-electron chi connectivity index (χ1n) is 7.94. The van der Waals surface area contributed by atoms with Gasteiger partial charge in [-0.05, 0) is 42.3 Å². The number of nitrogens with one attached hydrogen (secondary N) is 3. The van der Waals surface area contributed by atoms with Crippen molar-refractivity contribution in [2.24, 2.45) is 5.14 Å². The van der Waals surface area contributed by atoms with Crippen LogP contribution in [0.3, 0.4) is 0 Å². The molecule has 0 unspecified atom stereocenters. The van der Waals surface area contributed by atoms with Crippen molar-refractivity contribution in [3.05, 3.63) is 68.7 Å². The lowest BCUT2D eigenvalue weighted by molar-refractivity contribution is 0.581. The molecule has 0 atom stereocenters. The zero-order valence-electron chi connectivity index (χ0n) is 14.3. The molecule has 0 amide bonds.